The van der Waals surface area contributed by atoms with Gasteiger partial charge < -0.3 is 0 Å². The van der Waals surface area contributed by atoms with E-state index in [1.54, 1.807) is 18.2 Å². The Labute approximate surface area is 286 Å². The fourth-order valence-corrected chi connectivity index (χ4v) is 20.7. The van der Waals surface area contributed by atoms with Crippen LogP contribution in [0.25, 0.3) is 0 Å². The molecule has 7 nitrogen and oxygen atoms in total. The van der Waals surface area contributed by atoms with Crippen LogP contribution < -0.4 is 0 Å². The second-order valence-corrected chi connectivity index (χ2v) is 25.5. The van der Waals surface area contributed by atoms with Crippen molar-refractivity contribution in [2.24, 2.45) is 0 Å². The molecular weight excluding hydrogens is 611 g/mol. The summed E-state index contributed by atoms with van der Waals surface area (Å²) in [6.07, 6.45) is 25.3. The summed E-state index contributed by atoms with van der Waals surface area (Å²) < 4.78 is 15.3. The molecule has 0 rings (SSSR count). The summed E-state index contributed by atoms with van der Waals surface area (Å²) in [4.78, 5) is 11.7. The Morgan fingerprint density at radius 3 is 0.826 bits per heavy atom. The van der Waals surface area contributed by atoms with Gasteiger partial charge in [0, 0.05) is 0 Å². The van der Waals surface area contributed by atoms with Crippen LogP contribution in [-0.4, -0.2) is 62.2 Å². The Hall–Kier alpha value is -0.765. The van der Waals surface area contributed by atoms with Gasteiger partial charge in [-0.3, -0.25) is 0 Å². The van der Waals surface area contributed by atoms with Crippen molar-refractivity contribution in [3.8, 4) is 18.2 Å². The van der Waals surface area contributed by atoms with Crippen LogP contribution in [-0.2, 0) is 18.6 Å². The molecule has 0 N–H and O–H groups in total. The molecule has 0 aliphatic carbocycles. The zero-order chi connectivity index (χ0) is 34.9. The second-order valence-electron chi connectivity index (χ2n) is 14.0. The maximum atomic E-state index is 9.82. The fraction of sp³-hybridized carbons (Fsp3) is 0.917. The van der Waals surface area contributed by atoms with Crippen LogP contribution in [0.3, 0.4) is 0 Å². The molecule has 0 aliphatic rings. The maximum absolute atomic E-state index is 9.82. The summed E-state index contributed by atoms with van der Waals surface area (Å²) in [5, 5.41) is 29.5. The topological polar surface area (TPSA) is 108 Å². The quantitative estimate of drug-likeness (QED) is 0.0310. The molecule has 0 saturated heterocycles. The van der Waals surface area contributed by atoms with Gasteiger partial charge in [0.1, 0.15) is 0 Å². The SMILES string of the molecule is CCCCP(CCCC)(CCCC)(CCCC)OB(OOC(C#N)(C#N)C#N)OP(CCCC)(CCCC)(CCCC)CCCC. The zero-order valence-electron chi connectivity index (χ0n) is 31.4. The van der Waals surface area contributed by atoms with Crippen LogP contribution >= 0.6 is 13.7 Å². The van der Waals surface area contributed by atoms with Crippen molar-refractivity contribution < 1.29 is 18.6 Å². The van der Waals surface area contributed by atoms with Crippen molar-refractivity contribution >= 4 is 21.0 Å². The summed E-state index contributed by atoms with van der Waals surface area (Å²) >= 11 is 0. The van der Waals surface area contributed by atoms with Crippen molar-refractivity contribution in [1.29, 1.82) is 15.8 Å². The minimum absolute atomic E-state index is 1.01. The van der Waals surface area contributed by atoms with Gasteiger partial charge in [-0.05, 0) is 0 Å². The molecule has 0 aromatic heterocycles. The third-order valence-corrected chi connectivity index (χ3v) is 23.2. The minimum atomic E-state index is -2.95. The van der Waals surface area contributed by atoms with Gasteiger partial charge in [-0.2, -0.15) is 0 Å². The summed E-state index contributed by atoms with van der Waals surface area (Å²) in [5.74, 6) is 0. The predicted octanol–water partition coefficient (Wildman–Crippen LogP) is 11.6. The summed E-state index contributed by atoms with van der Waals surface area (Å²) in [6, 6.07) is 5.19. The van der Waals surface area contributed by atoms with Gasteiger partial charge in [0.15, 0.2) is 0 Å². The molecule has 0 spiro atoms. The van der Waals surface area contributed by atoms with Gasteiger partial charge in [-0.1, -0.05) is 0 Å². The van der Waals surface area contributed by atoms with Crippen LogP contribution in [0.1, 0.15) is 158 Å². The van der Waals surface area contributed by atoms with E-state index < -0.39 is 26.6 Å². The summed E-state index contributed by atoms with van der Waals surface area (Å²) in [7, 11) is -1.19. The van der Waals surface area contributed by atoms with E-state index in [2.05, 4.69) is 55.4 Å². The van der Waals surface area contributed by atoms with E-state index in [4.69, 9.17) is 18.6 Å². The number of nitrogens with zero attached hydrogens (tertiary/aromatic N) is 3. The van der Waals surface area contributed by atoms with E-state index in [9.17, 15) is 15.8 Å². The zero-order valence-corrected chi connectivity index (χ0v) is 33.2. The first kappa shape index (κ1) is 45.2. The number of unbranched alkanes of at least 4 members (excludes halogenated alkanes) is 8. The standard InChI is InChI=1S/C36H72BN3O4P2/c1-9-17-25-45(26-18-10-2,27-19-11-3,28-20-12-4)43-37(42-41-36(33-38,34-39)35-40)44-46(29-21-13-5,30-22-14-6,31-23-15-7)32-24-16-8/h9-32H2,1-8H3. The van der Waals surface area contributed by atoms with E-state index >= 15 is 0 Å². The van der Waals surface area contributed by atoms with Gasteiger partial charge in [0.25, 0.3) is 0 Å². The predicted molar refractivity (Wildman–Crippen MR) is 202 cm³/mol. The third-order valence-electron chi connectivity index (χ3n) is 10.1. The van der Waals surface area contributed by atoms with Crippen LogP contribution in [0.15, 0.2) is 0 Å². The van der Waals surface area contributed by atoms with E-state index in [-0.39, 0.29) is 0 Å². The average Bonchev–Trinajstić information content (AvgIpc) is 3.09. The van der Waals surface area contributed by atoms with E-state index in [1.807, 2.05) is 0 Å². The first-order valence-electron chi connectivity index (χ1n) is 19.1. The number of rotatable bonds is 31. The van der Waals surface area contributed by atoms with Gasteiger partial charge in [-0.15, -0.1) is 0 Å². The van der Waals surface area contributed by atoms with Gasteiger partial charge in [-0.25, -0.2) is 0 Å². The van der Waals surface area contributed by atoms with Crippen LogP contribution in [0.4, 0.5) is 0 Å². The second kappa shape index (κ2) is 23.6. The number of hydrogen-bond acceptors (Lipinski definition) is 7. The molecule has 268 valence electrons. The molecule has 46 heavy (non-hydrogen) atoms. The number of hydrogen-bond donors (Lipinski definition) is 0. The fourth-order valence-electron chi connectivity index (χ4n) is 7.01. The van der Waals surface area contributed by atoms with Crippen molar-refractivity contribution in [3.63, 3.8) is 0 Å². The molecule has 0 saturated carbocycles. The van der Waals surface area contributed by atoms with Crippen LogP contribution in [0.2, 0.25) is 0 Å². The Balaban J connectivity index is 7.69. The molecule has 0 bridgehead atoms. The molecule has 0 heterocycles. The van der Waals surface area contributed by atoms with Gasteiger partial charge >= 0.3 is 287 Å². The Bertz CT molecular complexity index is 778. The monoisotopic (exact) mass is 684 g/mol. The van der Waals surface area contributed by atoms with Crippen molar-refractivity contribution in [3.05, 3.63) is 0 Å². The first-order chi connectivity index (χ1) is 22.1. The molecule has 0 fully saturated rings. The van der Waals surface area contributed by atoms with Gasteiger partial charge in [0.2, 0.25) is 0 Å². The molecule has 0 unspecified atom stereocenters. The third kappa shape index (κ3) is 14.0. The van der Waals surface area contributed by atoms with E-state index in [0.717, 1.165) is 152 Å². The molecule has 0 radical (unpaired) electrons. The molecule has 0 aliphatic heterocycles. The molecule has 0 aromatic carbocycles. The summed E-state index contributed by atoms with van der Waals surface area (Å²) in [5.41, 5.74) is -2.39. The van der Waals surface area contributed by atoms with Crippen molar-refractivity contribution in [2.45, 2.75) is 164 Å². The molecule has 0 atom stereocenters. The van der Waals surface area contributed by atoms with Gasteiger partial charge in [0.05, 0.1) is 0 Å². The molecule has 0 aromatic rings. The normalized spacial score (nSPS) is 13.9. The first-order valence-corrected chi connectivity index (χ1v) is 24.8. The van der Waals surface area contributed by atoms with Crippen molar-refractivity contribution in [1.82, 2.24) is 0 Å². The Morgan fingerprint density at radius 1 is 0.435 bits per heavy atom. The molecular formula is C36H72BN3O4P2. The molecule has 0 amide bonds. The Kier molecular flexibility index (Phi) is 23.2. The van der Waals surface area contributed by atoms with E-state index in [0.29, 0.717) is 0 Å². The molecule has 10 heteroatoms. The summed E-state index contributed by atoms with van der Waals surface area (Å²) in [6.45, 7) is 12.1. The van der Waals surface area contributed by atoms with Crippen LogP contribution in [0, 0.1) is 34.0 Å². The van der Waals surface area contributed by atoms with E-state index in [1.165, 1.54) is 0 Å². The van der Waals surface area contributed by atoms with Crippen LogP contribution in [0.5, 0.6) is 0 Å². The Morgan fingerprint density at radius 2 is 0.652 bits per heavy atom. The average molecular weight is 684 g/mol. The number of nitriles is 3. The van der Waals surface area contributed by atoms with Crippen molar-refractivity contribution in [2.75, 3.05) is 49.3 Å².